The van der Waals surface area contributed by atoms with Gasteiger partial charge < -0.3 is 9.84 Å². The van der Waals surface area contributed by atoms with Crippen molar-refractivity contribution in [3.8, 4) is 17.3 Å². The van der Waals surface area contributed by atoms with Gasteiger partial charge in [0.1, 0.15) is 5.75 Å². The van der Waals surface area contributed by atoms with Crippen LogP contribution >= 0.6 is 11.3 Å². The number of benzene rings is 1. The van der Waals surface area contributed by atoms with Crippen LogP contribution in [0.5, 0.6) is 11.6 Å². The zero-order valence-electron chi connectivity index (χ0n) is 13.2. The van der Waals surface area contributed by atoms with Crippen molar-refractivity contribution in [2.45, 2.75) is 6.42 Å². The molecule has 3 rings (SSSR count). The molecule has 0 aliphatic rings. The third kappa shape index (κ3) is 3.64. The number of thiophene rings is 1. The average molecular weight is 352 g/mol. The minimum Gasteiger partial charge on any atom is -0.859 e. The number of nitrogens with one attached hydrogen (secondary N) is 1. The maximum absolute atomic E-state index is 12.6. The molecular weight excluding hydrogens is 339 g/mol. The van der Waals surface area contributed by atoms with E-state index in [2.05, 4.69) is 4.98 Å². The van der Waals surface area contributed by atoms with E-state index in [0.29, 0.717) is 11.4 Å². The van der Waals surface area contributed by atoms with Crippen LogP contribution in [0.4, 0.5) is 0 Å². The van der Waals surface area contributed by atoms with Gasteiger partial charge in [0.25, 0.3) is 5.56 Å². The number of hydrogen-bond acceptors (Lipinski definition) is 5. The SMILES string of the molecule is COc1cccc(-n2c([O-])c(Cc3cccs3)c(=O)[nH]c2=O)c1.[Na+]. The molecule has 0 aliphatic heterocycles. The van der Waals surface area contributed by atoms with Crippen LogP contribution in [0, 0.1) is 0 Å². The van der Waals surface area contributed by atoms with Crippen molar-refractivity contribution in [2.24, 2.45) is 0 Å². The fourth-order valence-electron chi connectivity index (χ4n) is 2.28. The van der Waals surface area contributed by atoms with Gasteiger partial charge in [-0.2, -0.15) is 0 Å². The molecule has 0 amide bonds. The molecule has 3 aromatic rings. The molecule has 2 heterocycles. The normalized spacial score (nSPS) is 10.2. The number of aromatic nitrogens is 2. The zero-order valence-corrected chi connectivity index (χ0v) is 16.1. The van der Waals surface area contributed by atoms with Gasteiger partial charge in [-0.1, -0.05) is 12.1 Å². The fraction of sp³-hybridized carbons (Fsp3) is 0.125. The number of ether oxygens (including phenoxy) is 1. The van der Waals surface area contributed by atoms with Gasteiger partial charge in [-0.15, -0.1) is 11.3 Å². The summed E-state index contributed by atoms with van der Waals surface area (Å²) in [4.78, 5) is 27.2. The molecule has 1 N–H and O–H groups in total. The molecule has 0 saturated heterocycles. The summed E-state index contributed by atoms with van der Waals surface area (Å²) in [5.74, 6) is -0.0970. The quantitative estimate of drug-likeness (QED) is 0.565. The van der Waals surface area contributed by atoms with Crippen molar-refractivity contribution >= 4 is 11.3 Å². The van der Waals surface area contributed by atoms with Gasteiger partial charge in [0.05, 0.1) is 12.8 Å². The molecule has 0 bridgehead atoms. The minimum atomic E-state index is -0.761. The second-order valence-corrected chi connectivity index (χ2v) is 5.87. The van der Waals surface area contributed by atoms with Crippen molar-refractivity contribution in [1.82, 2.24) is 9.55 Å². The standard InChI is InChI=1S/C16H14N2O4S.Na/c1-22-11-5-2-4-10(8-11)18-15(20)13(14(19)17-16(18)21)9-12-6-3-7-23-12;/h2-8,20H,9H2,1H3,(H,17,19,21);/q;+1/p-1. The second-order valence-electron chi connectivity index (χ2n) is 4.84. The Bertz CT molecular complexity index is 947. The average Bonchev–Trinajstić information content (AvgIpc) is 3.04. The maximum atomic E-state index is 12.6. The minimum absolute atomic E-state index is 0. The predicted molar refractivity (Wildman–Crippen MR) is 85.8 cm³/mol. The van der Waals surface area contributed by atoms with Crippen LogP contribution in [-0.4, -0.2) is 16.7 Å². The first-order valence-electron chi connectivity index (χ1n) is 6.82. The van der Waals surface area contributed by atoms with Crippen LogP contribution in [0.2, 0.25) is 0 Å². The monoisotopic (exact) mass is 352 g/mol. The molecule has 0 aliphatic carbocycles. The molecule has 0 saturated carbocycles. The first-order valence-corrected chi connectivity index (χ1v) is 7.70. The van der Waals surface area contributed by atoms with E-state index in [1.807, 2.05) is 17.5 Å². The summed E-state index contributed by atoms with van der Waals surface area (Å²) in [6.45, 7) is 0. The van der Waals surface area contributed by atoms with Crippen molar-refractivity contribution in [1.29, 1.82) is 0 Å². The number of hydrogen-bond donors (Lipinski definition) is 1. The van der Waals surface area contributed by atoms with Crippen molar-refractivity contribution in [2.75, 3.05) is 7.11 Å². The molecule has 6 nitrogen and oxygen atoms in total. The summed E-state index contributed by atoms with van der Waals surface area (Å²) in [7, 11) is 1.50. The van der Waals surface area contributed by atoms with Crippen LogP contribution in [0.15, 0.2) is 51.4 Å². The Kier molecular flexibility index (Phi) is 6.06. The van der Waals surface area contributed by atoms with E-state index in [1.54, 1.807) is 24.3 Å². The van der Waals surface area contributed by atoms with Crippen molar-refractivity contribution in [3.05, 3.63) is 73.1 Å². The van der Waals surface area contributed by atoms with Crippen molar-refractivity contribution in [3.63, 3.8) is 0 Å². The Morgan fingerprint density at radius 1 is 1.25 bits per heavy atom. The number of rotatable bonds is 4. The summed E-state index contributed by atoms with van der Waals surface area (Å²) in [5, 5.41) is 14.5. The van der Waals surface area contributed by atoms with Crippen molar-refractivity contribution < 1.29 is 39.4 Å². The summed E-state index contributed by atoms with van der Waals surface area (Å²) in [6, 6.07) is 10.2. The number of aromatic amines is 1. The number of nitrogens with zero attached hydrogens (tertiary/aromatic N) is 1. The third-order valence-electron chi connectivity index (χ3n) is 3.40. The predicted octanol–water partition coefficient (Wildman–Crippen LogP) is -1.74. The third-order valence-corrected chi connectivity index (χ3v) is 4.28. The van der Waals surface area contributed by atoms with Crippen LogP contribution in [0.25, 0.3) is 5.69 Å². The largest absolute Gasteiger partial charge is 1.00 e. The molecule has 8 heteroatoms. The Balaban J connectivity index is 0.00000208. The van der Waals surface area contributed by atoms with E-state index in [9.17, 15) is 14.7 Å². The number of methoxy groups -OCH3 is 1. The van der Waals surface area contributed by atoms with Gasteiger partial charge in [-0.05, 0) is 29.5 Å². The summed E-state index contributed by atoms with van der Waals surface area (Å²) in [5.41, 5.74) is -1.02. The molecule has 118 valence electrons. The second kappa shape index (κ2) is 7.85. The molecule has 2 aromatic heterocycles. The molecule has 0 unspecified atom stereocenters. The van der Waals surface area contributed by atoms with E-state index in [0.717, 1.165) is 9.44 Å². The summed E-state index contributed by atoms with van der Waals surface area (Å²) < 4.78 is 6.06. The maximum Gasteiger partial charge on any atom is 1.00 e. The van der Waals surface area contributed by atoms with Crippen LogP contribution in [-0.2, 0) is 6.42 Å². The number of H-pyrrole nitrogens is 1. The Hall–Kier alpha value is -1.80. The molecule has 0 atom stereocenters. The Morgan fingerprint density at radius 3 is 2.71 bits per heavy atom. The molecule has 0 fully saturated rings. The smallest absolute Gasteiger partial charge is 0.859 e. The first kappa shape index (κ1) is 18.5. The van der Waals surface area contributed by atoms with Gasteiger partial charge in [-0.25, -0.2) is 4.79 Å². The van der Waals surface area contributed by atoms with E-state index < -0.39 is 17.1 Å². The van der Waals surface area contributed by atoms with Gasteiger partial charge in [0.2, 0.25) is 0 Å². The molecule has 0 spiro atoms. The van der Waals surface area contributed by atoms with Gasteiger partial charge in [0, 0.05) is 22.9 Å². The summed E-state index contributed by atoms with van der Waals surface area (Å²) in [6.07, 6.45) is 0.191. The van der Waals surface area contributed by atoms with Crippen LogP contribution < -0.4 is 50.6 Å². The molecule has 0 radical (unpaired) electrons. The Labute approximate surface area is 163 Å². The van der Waals surface area contributed by atoms with Crippen LogP contribution in [0.3, 0.4) is 0 Å². The van der Waals surface area contributed by atoms with Gasteiger partial charge in [-0.3, -0.25) is 14.3 Å². The zero-order chi connectivity index (χ0) is 16.4. The summed E-state index contributed by atoms with van der Waals surface area (Å²) >= 11 is 1.45. The molecule has 1 aromatic carbocycles. The van der Waals surface area contributed by atoms with Crippen LogP contribution in [0.1, 0.15) is 10.4 Å². The fourth-order valence-corrected chi connectivity index (χ4v) is 3.00. The topological polar surface area (TPSA) is 87.2 Å². The first-order chi connectivity index (χ1) is 11.1. The van der Waals surface area contributed by atoms with E-state index in [1.165, 1.54) is 18.4 Å². The molecule has 24 heavy (non-hydrogen) atoms. The Morgan fingerprint density at radius 2 is 2.04 bits per heavy atom. The van der Waals surface area contributed by atoms with E-state index in [4.69, 9.17) is 4.74 Å². The van der Waals surface area contributed by atoms with Gasteiger partial charge in [0.15, 0.2) is 0 Å². The van der Waals surface area contributed by atoms with E-state index in [-0.39, 0.29) is 41.5 Å². The van der Waals surface area contributed by atoms with E-state index >= 15 is 0 Å². The molecular formula is C16H13N2NaO4S. The van der Waals surface area contributed by atoms with Gasteiger partial charge >= 0.3 is 35.2 Å².